The summed E-state index contributed by atoms with van der Waals surface area (Å²) in [6.45, 7) is 6.87. The fourth-order valence-corrected chi connectivity index (χ4v) is 4.66. The van der Waals surface area contributed by atoms with Crippen molar-refractivity contribution in [1.29, 1.82) is 0 Å². The second-order valence-electron chi connectivity index (χ2n) is 8.94. The maximum Gasteiger partial charge on any atom is 0.267 e. The maximum absolute atomic E-state index is 12.5. The van der Waals surface area contributed by atoms with E-state index in [0.29, 0.717) is 24.2 Å². The Hall–Kier alpha value is -2.77. The van der Waals surface area contributed by atoms with E-state index in [4.69, 9.17) is 5.10 Å². The number of fused-ring (bicyclic) bond motifs is 2. The molecule has 1 saturated heterocycles. The molecule has 2 aliphatic rings. The fraction of sp³-hybridized carbons (Fsp3) is 0.591. The average Bonchev–Trinajstić information content (AvgIpc) is 3.23. The number of nitrogens with zero attached hydrogens (tertiary/aromatic N) is 7. The molecule has 8 heteroatoms. The van der Waals surface area contributed by atoms with Gasteiger partial charge in [-0.1, -0.05) is 13.8 Å². The van der Waals surface area contributed by atoms with E-state index in [1.54, 1.807) is 11.0 Å². The molecule has 0 unspecified atom stereocenters. The summed E-state index contributed by atoms with van der Waals surface area (Å²) >= 11 is 0. The summed E-state index contributed by atoms with van der Waals surface area (Å²) in [5.74, 6) is 2.52. The minimum Gasteiger partial charge on any atom is -0.356 e. The van der Waals surface area contributed by atoms with Crippen molar-refractivity contribution < 1.29 is 0 Å². The molecule has 3 aromatic rings. The molecule has 4 heterocycles. The van der Waals surface area contributed by atoms with Crippen LogP contribution in [0.25, 0.3) is 5.78 Å². The quantitative estimate of drug-likeness (QED) is 0.661. The van der Waals surface area contributed by atoms with Gasteiger partial charge in [0.15, 0.2) is 0 Å². The standard InChI is InChI=1S/C22H29N7O/c1-15(2)19-12-20(29-22(25-19)23-14-24-29)27-9-7-16(8-10-27)13-28-21(30)11-17-5-3-4-6-18(17)26-28/h11-12,14-16H,3-10,13H2,1-2H3. The molecule has 158 valence electrons. The second-order valence-corrected chi connectivity index (χ2v) is 8.94. The molecule has 5 rings (SSSR count). The van der Waals surface area contributed by atoms with Crippen LogP contribution in [0.4, 0.5) is 5.82 Å². The summed E-state index contributed by atoms with van der Waals surface area (Å²) in [5, 5.41) is 9.09. The molecule has 1 aliphatic carbocycles. The number of rotatable bonds is 4. The van der Waals surface area contributed by atoms with Crippen LogP contribution in [-0.2, 0) is 19.4 Å². The number of aryl methyl sites for hydroxylation is 2. The number of anilines is 1. The van der Waals surface area contributed by atoms with Gasteiger partial charge >= 0.3 is 0 Å². The molecule has 0 bridgehead atoms. The molecule has 0 spiro atoms. The van der Waals surface area contributed by atoms with Crippen LogP contribution in [-0.4, -0.2) is 42.5 Å². The first-order valence-electron chi connectivity index (χ1n) is 11.1. The minimum atomic E-state index is 0.0538. The van der Waals surface area contributed by atoms with Crippen LogP contribution in [0.3, 0.4) is 0 Å². The predicted molar refractivity (Wildman–Crippen MR) is 115 cm³/mol. The summed E-state index contributed by atoms with van der Waals surface area (Å²) in [7, 11) is 0. The zero-order valence-electron chi connectivity index (χ0n) is 17.8. The first kappa shape index (κ1) is 19.2. The van der Waals surface area contributed by atoms with Crippen molar-refractivity contribution in [2.45, 2.75) is 64.8 Å². The Labute approximate surface area is 176 Å². The van der Waals surface area contributed by atoms with Gasteiger partial charge in [-0.15, -0.1) is 0 Å². The summed E-state index contributed by atoms with van der Waals surface area (Å²) in [6, 6.07) is 3.96. The third-order valence-corrected chi connectivity index (χ3v) is 6.49. The van der Waals surface area contributed by atoms with Gasteiger partial charge in [0.1, 0.15) is 12.1 Å². The van der Waals surface area contributed by atoms with Crippen molar-refractivity contribution in [3.63, 3.8) is 0 Å². The fourth-order valence-electron chi connectivity index (χ4n) is 4.66. The van der Waals surface area contributed by atoms with Crippen molar-refractivity contribution >= 4 is 11.6 Å². The second kappa shape index (κ2) is 7.81. The highest BCUT2D eigenvalue weighted by molar-refractivity contribution is 5.48. The summed E-state index contributed by atoms with van der Waals surface area (Å²) in [4.78, 5) is 23.8. The topological polar surface area (TPSA) is 81.2 Å². The van der Waals surface area contributed by atoms with Crippen LogP contribution < -0.4 is 10.5 Å². The van der Waals surface area contributed by atoms with Gasteiger partial charge in [0, 0.05) is 31.8 Å². The highest BCUT2D eigenvalue weighted by Crippen LogP contribution is 2.26. The number of aromatic nitrogens is 6. The lowest BCUT2D eigenvalue weighted by Crippen LogP contribution is -2.38. The zero-order chi connectivity index (χ0) is 20.7. The maximum atomic E-state index is 12.5. The normalized spacial score (nSPS) is 17.6. The van der Waals surface area contributed by atoms with Gasteiger partial charge in [-0.25, -0.2) is 9.67 Å². The van der Waals surface area contributed by atoms with Gasteiger partial charge in [0.2, 0.25) is 0 Å². The molecule has 1 fully saturated rings. The van der Waals surface area contributed by atoms with Gasteiger partial charge in [0.25, 0.3) is 11.3 Å². The molecule has 0 saturated carbocycles. The molecule has 0 aromatic carbocycles. The van der Waals surface area contributed by atoms with Crippen molar-refractivity contribution in [2.75, 3.05) is 18.0 Å². The van der Waals surface area contributed by atoms with Gasteiger partial charge in [-0.2, -0.15) is 19.7 Å². The summed E-state index contributed by atoms with van der Waals surface area (Å²) < 4.78 is 3.55. The monoisotopic (exact) mass is 407 g/mol. The molecule has 0 N–H and O–H groups in total. The predicted octanol–water partition coefficient (Wildman–Crippen LogP) is 2.60. The molecule has 1 aliphatic heterocycles. The number of piperidine rings is 1. The van der Waals surface area contributed by atoms with E-state index in [9.17, 15) is 4.79 Å². The van der Waals surface area contributed by atoms with E-state index in [-0.39, 0.29) is 5.56 Å². The number of hydrogen-bond donors (Lipinski definition) is 0. The first-order valence-corrected chi connectivity index (χ1v) is 11.1. The Morgan fingerprint density at radius 3 is 2.73 bits per heavy atom. The van der Waals surface area contributed by atoms with Crippen LogP contribution in [0.5, 0.6) is 0 Å². The molecular formula is C22H29N7O. The molecule has 0 radical (unpaired) electrons. The van der Waals surface area contributed by atoms with Gasteiger partial charge in [-0.05, 0) is 55.9 Å². The van der Waals surface area contributed by atoms with E-state index in [0.717, 1.165) is 61.5 Å². The van der Waals surface area contributed by atoms with Crippen LogP contribution >= 0.6 is 0 Å². The Morgan fingerprint density at radius 2 is 1.93 bits per heavy atom. The lowest BCUT2D eigenvalue weighted by Gasteiger charge is -2.33. The lowest BCUT2D eigenvalue weighted by molar-refractivity contribution is 0.331. The molecule has 0 atom stereocenters. The van der Waals surface area contributed by atoms with Gasteiger partial charge in [-0.3, -0.25) is 4.79 Å². The van der Waals surface area contributed by atoms with Crippen LogP contribution in [0, 0.1) is 5.92 Å². The van der Waals surface area contributed by atoms with Crippen molar-refractivity contribution in [1.82, 2.24) is 29.4 Å². The Morgan fingerprint density at radius 1 is 1.13 bits per heavy atom. The van der Waals surface area contributed by atoms with E-state index in [2.05, 4.69) is 39.9 Å². The molecule has 3 aromatic heterocycles. The van der Waals surface area contributed by atoms with Gasteiger partial charge in [0.05, 0.1) is 11.4 Å². The highest BCUT2D eigenvalue weighted by Gasteiger charge is 2.24. The zero-order valence-corrected chi connectivity index (χ0v) is 17.8. The molecule has 30 heavy (non-hydrogen) atoms. The van der Waals surface area contributed by atoms with Crippen molar-refractivity contribution in [3.05, 3.63) is 45.8 Å². The number of hydrogen-bond acceptors (Lipinski definition) is 6. The molecule has 0 amide bonds. The van der Waals surface area contributed by atoms with Crippen LogP contribution in [0.15, 0.2) is 23.3 Å². The van der Waals surface area contributed by atoms with E-state index < -0.39 is 0 Å². The van der Waals surface area contributed by atoms with E-state index in [1.165, 1.54) is 12.8 Å². The van der Waals surface area contributed by atoms with Gasteiger partial charge < -0.3 is 4.90 Å². The van der Waals surface area contributed by atoms with Crippen LogP contribution in [0.2, 0.25) is 0 Å². The Balaban J connectivity index is 1.31. The lowest BCUT2D eigenvalue weighted by atomic mass is 9.95. The highest BCUT2D eigenvalue weighted by atomic mass is 16.1. The first-order chi connectivity index (χ1) is 14.6. The van der Waals surface area contributed by atoms with Crippen LogP contribution in [0.1, 0.15) is 62.4 Å². The minimum absolute atomic E-state index is 0.0538. The Bertz CT molecular complexity index is 1110. The smallest absolute Gasteiger partial charge is 0.267 e. The third kappa shape index (κ3) is 3.59. The van der Waals surface area contributed by atoms with E-state index in [1.807, 2.05) is 10.6 Å². The summed E-state index contributed by atoms with van der Waals surface area (Å²) in [5.41, 5.74) is 3.38. The summed E-state index contributed by atoms with van der Waals surface area (Å²) in [6.07, 6.45) is 7.97. The van der Waals surface area contributed by atoms with Crippen molar-refractivity contribution in [3.8, 4) is 0 Å². The molecule has 8 nitrogen and oxygen atoms in total. The largest absolute Gasteiger partial charge is 0.356 e. The Kier molecular flexibility index (Phi) is 5.00. The SMILES string of the molecule is CC(C)c1cc(N2CCC(Cn3nc4c(cc3=O)CCCC4)CC2)n2ncnc2n1. The third-order valence-electron chi connectivity index (χ3n) is 6.49. The molecular weight excluding hydrogens is 378 g/mol. The average molecular weight is 408 g/mol. The van der Waals surface area contributed by atoms with E-state index >= 15 is 0 Å². The van der Waals surface area contributed by atoms with Crippen molar-refractivity contribution in [2.24, 2.45) is 5.92 Å².